The van der Waals surface area contributed by atoms with Crippen LogP contribution in [0.5, 0.6) is 0 Å². The van der Waals surface area contributed by atoms with Gasteiger partial charge in [-0.05, 0) is 78.9 Å². The third kappa shape index (κ3) is 25.2. The van der Waals surface area contributed by atoms with Crippen LogP contribution in [0.15, 0.2) is 117 Å². The van der Waals surface area contributed by atoms with E-state index in [1.165, 1.54) is 56.7 Å². The highest BCUT2D eigenvalue weighted by atomic mass is 35.5. The summed E-state index contributed by atoms with van der Waals surface area (Å²) < 4.78 is 218. The third-order valence-electron chi connectivity index (χ3n) is 16.8. The predicted molar refractivity (Wildman–Crippen MR) is 462 cm³/mol. The average Bonchev–Trinajstić information content (AvgIpc) is 0.791. The Hall–Kier alpha value is -13.5. The van der Waals surface area contributed by atoms with Gasteiger partial charge < -0.3 is 63.2 Å². The first-order valence-corrected chi connectivity index (χ1v) is 38.5. The molecule has 0 saturated carbocycles. The molecule has 10 aromatic heterocycles. The Morgan fingerprint density at radius 1 is 0.398 bits per heavy atom. The van der Waals surface area contributed by atoms with Crippen molar-refractivity contribution in [2.45, 2.75) is 25.2 Å². The molecule has 0 saturated heterocycles. The molecule has 10 heterocycles. The summed E-state index contributed by atoms with van der Waals surface area (Å²) >= 11 is 52.2. The van der Waals surface area contributed by atoms with E-state index in [1.807, 2.05) is 0 Å². The molecule has 0 bridgehead atoms. The van der Waals surface area contributed by atoms with Crippen LogP contribution in [0.25, 0.3) is 79.8 Å². The molecule has 12 aromatic rings. The van der Waals surface area contributed by atoms with Gasteiger partial charge in [0.25, 0.3) is 0 Å². The standard InChI is InChI=1S/C15H11Cl2FN2O2.C15H11F4N3O2.C14H10Cl2F2N2O2.C12H8Cl3N3O2.C12H7ClF4N4O2.C12H6ClF4N3O2/c1-3-7-8(4-5-9(16)13(7)18)11-6-10(19)12(17)14(20-11)15(21)22-2;1-3-8-11(20)10(16)12(22-13(8)14(23)24-2)7-4-5-9(21-6-7)15(17,18)19;1-22-14(21)13-11(16)9(19)4-10(20-13)6-2-3-8(15)12(18)7(6)5-17;1-20-12(19)10-9(14)6(16)4-7(17-10)5-2-3-8(13)18-11(5)15;1-23-11(22)7-6(13)9(18)21-10(20-7)4-2-3-5(12(15,16)17)19-8(4)14;13-6-8(18)7(14)9(20-10(6)11(21)22)4-1-2-5(19-3-4)12(15,16)17/h3-6H,1H2,2H3,(H2,19,20);3-6H,1H2,2H3,(H2,20,22);2-4H,5H2,1H3,(H2,19,20);2-4H,1H3,(H2,16,17);2-3H,1H3,(H2,18,20,21);1-3H,(H2,18,20)(H,21,22). The van der Waals surface area contributed by atoms with Crippen molar-refractivity contribution in [3.8, 4) is 67.7 Å². The van der Waals surface area contributed by atoms with Crippen molar-refractivity contribution < 1.29 is 123 Å². The van der Waals surface area contributed by atoms with Crippen molar-refractivity contribution in [2.75, 3.05) is 70.0 Å². The number of carbonyl (C=O) groups excluding carboxylic acids is 5. The van der Waals surface area contributed by atoms with E-state index >= 15 is 0 Å². The van der Waals surface area contributed by atoms with Gasteiger partial charge in [-0.2, -0.15) is 43.9 Å². The fourth-order valence-corrected chi connectivity index (χ4v) is 12.1. The number of anilines is 6. The number of carboxylic acid groups (broad SMARTS) is 1. The van der Waals surface area contributed by atoms with E-state index in [0.29, 0.717) is 41.2 Å². The van der Waals surface area contributed by atoms with Crippen LogP contribution in [0, 0.1) is 29.2 Å². The van der Waals surface area contributed by atoms with Crippen LogP contribution in [-0.2, 0) is 48.9 Å². The summed E-state index contributed by atoms with van der Waals surface area (Å²) in [6, 6.07) is 17.5. The number of aromatic nitrogens is 11. The molecule has 698 valence electrons. The molecule has 0 amide bonds. The number of carboxylic acids is 1. The second-order valence-electron chi connectivity index (χ2n) is 25.1. The largest absolute Gasteiger partial charge is 0.476 e. The van der Waals surface area contributed by atoms with Crippen LogP contribution >= 0.6 is 104 Å². The zero-order chi connectivity index (χ0) is 99.8. The lowest BCUT2D eigenvalue weighted by Gasteiger charge is -2.12. The molecule has 12 rings (SSSR count). The number of aromatic carboxylic acids is 1. The number of methoxy groups -OCH3 is 5. The number of nitrogen functional groups attached to an aromatic ring is 6. The molecule has 13 N–H and O–H groups in total. The van der Waals surface area contributed by atoms with E-state index in [4.69, 9.17) is 144 Å². The van der Waals surface area contributed by atoms with Crippen LogP contribution in [-0.4, -0.2) is 131 Å². The Balaban J connectivity index is 0.000000218. The molecule has 0 aliphatic rings. The molecule has 0 atom stereocenters. The summed E-state index contributed by atoms with van der Waals surface area (Å²) in [4.78, 5) is 109. The van der Waals surface area contributed by atoms with E-state index in [0.717, 1.165) is 51.8 Å². The number of benzene rings is 2. The lowest BCUT2D eigenvalue weighted by atomic mass is 10.0. The molecular weight excluding hydrogens is 2000 g/mol. The normalized spacial score (nSPS) is 10.9. The van der Waals surface area contributed by atoms with E-state index in [1.54, 1.807) is 18.2 Å². The second kappa shape index (κ2) is 45.1. The molecule has 133 heavy (non-hydrogen) atoms. The van der Waals surface area contributed by atoms with E-state index in [9.17, 15) is 94.6 Å². The minimum Gasteiger partial charge on any atom is -0.476 e. The number of alkyl halides is 10. The van der Waals surface area contributed by atoms with Crippen LogP contribution in [0.2, 0.25) is 45.5 Å². The maximum absolute atomic E-state index is 14.4. The van der Waals surface area contributed by atoms with Gasteiger partial charge in [0, 0.05) is 56.9 Å². The van der Waals surface area contributed by atoms with Gasteiger partial charge in [0.15, 0.2) is 51.6 Å². The Morgan fingerprint density at radius 3 is 1.17 bits per heavy atom. The topological polar surface area (TPSA) is 467 Å². The first-order chi connectivity index (χ1) is 62.2. The van der Waals surface area contributed by atoms with Gasteiger partial charge in [-0.15, -0.1) is 0 Å². The predicted octanol–water partition coefficient (Wildman–Crippen LogP) is 21.0. The molecule has 0 aliphatic carbocycles. The molecule has 0 spiro atoms. The SMILES string of the molecule is C=Cc1c(-c2cc(N)c(Cl)c(C(=O)OC)n2)ccc(Cl)c1F.C=Cc1c(C(=O)OC)nc(-c2ccc(C(F)(F)F)nc2)c(F)c1N.COC(=O)c1nc(-c2ccc(C(F)(F)F)nc2F)nc(N)c1Cl.COC(=O)c1nc(-c2ccc(Cl)c(F)c2CF)cc(N)c1Cl.COC(=O)c1nc(-c2ccc(Cl)nc2Cl)cc(N)c1Cl.Nc1c(F)c(-c2ccc(C(F)(F)F)nc2)nc(C(=O)O)c1Cl. The summed E-state index contributed by atoms with van der Waals surface area (Å²) in [6.45, 7) is 5.88. The number of pyridine rings is 9. The van der Waals surface area contributed by atoms with Crippen molar-refractivity contribution in [3.63, 3.8) is 0 Å². The van der Waals surface area contributed by atoms with Gasteiger partial charge in [0.2, 0.25) is 5.95 Å². The fraction of sp³-hybridized carbons (Fsp3) is 0.113. The number of hydrogen-bond acceptors (Lipinski definition) is 28. The molecule has 53 heteroatoms. The average molecular weight is 2050 g/mol. The highest BCUT2D eigenvalue weighted by Gasteiger charge is 2.37. The first kappa shape index (κ1) is 107. The number of hydrogen-bond donors (Lipinski definition) is 7. The minimum atomic E-state index is -4.81. The summed E-state index contributed by atoms with van der Waals surface area (Å²) in [6.07, 6.45) is -10.2. The molecule has 2 aromatic carbocycles. The van der Waals surface area contributed by atoms with Crippen molar-refractivity contribution in [1.29, 1.82) is 0 Å². The Kier molecular flexibility index (Phi) is 36.1. The van der Waals surface area contributed by atoms with Gasteiger partial charge in [0.1, 0.15) is 67.9 Å². The monoisotopic (exact) mass is 2040 g/mol. The van der Waals surface area contributed by atoms with E-state index in [-0.39, 0.29) is 131 Å². The van der Waals surface area contributed by atoms with Gasteiger partial charge in [-0.3, -0.25) is 9.97 Å². The van der Waals surface area contributed by atoms with Crippen molar-refractivity contribution in [3.05, 3.63) is 259 Å². The maximum atomic E-state index is 14.4. The summed E-state index contributed by atoms with van der Waals surface area (Å²) in [5, 5.41) is 8.04. The highest BCUT2D eigenvalue weighted by Crippen LogP contribution is 2.41. The summed E-state index contributed by atoms with van der Waals surface area (Å²) in [5.41, 5.74) is 27.1. The van der Waals surface area contributed by atoms with Crippen LogP contribution in [0.4, 0.5) is 100 Å². The molecule has 0 radical (unpaired) electrons. The zero-order valence-corrected chi connectivity index (χ0v) is 73.8. The van der Waals surface area contributed by atoms with Gasteiger partial charge >= 0.3 is 54.3 Å². The number of esters is 5. The number of nitrogens with zero attached hydrogens (tertiary/aromatic N) is 11. The Morgan fingerprint density at radius 2 is 0.774 bits per heavy atom. The van der Waals surface area contributed by atoms with E-state index in [2.05, 4.69) is 91.7 Å². The lowest BCUT2D eigenvalue weighted by Crippen LogP contribution is -2.12. The minimum absolute atomic E-state index is 0.0230. The lowest BCUT2D eigenvalue weighted by molar-refractivity contribution is -0.142. The number of carbonyl (C=O) groups is 6. The number of rotatable bonds is 15. The van der Waals surface area contributed by atoms with E-state index < -0.39 is 158 Å². The van der Waals surface area contributed by atoms with Crippen molar-refractivity contribution in [2.24, 2.45) is 0 Å². The van der Waals surface area contributed by atoms with Crippen molar-refractivity contribution in [1.82, 2.24) is 54.8 Å². The number of halogens is 24. The zero-order valence-electron chi connectivity index (χ0n) is 67.0. The number of nitrogens with two attached hydrogens (primary N) is 6. The quantitative estimate of drug-likeness (QED) is 0.0217. The highest BCUT2D eigenvalue weighted by molar-refractivity contribution is 6.38. The van der Waals surface area contributed by atoms with Crippen LogP contribution in [0.3, 0.4) is 0 Å². The van der Waals surface area contributed by atoms with Gasteiger partial charge in [-0.25, -0.2) is 95.6 Å². The molecule has 0 unspecified atom stereocenters. The Bertz CT molecular complexity index is 6570. The first-order valence-electron chi connectivity index (χ1n) is 35.1. The molecule has 0 aliphatic heterocycles. The Labute approximate surface area is 782 Å². The smallest absolute Gasteiger partial charge is 0.433 e. The van der Waals surface area contributed by atoms with Gasteiger partial charge in [0.05, 0.1) is 117 Å². The molecule has 0 fully saturated rings. The van der Waals surface area contributed by atoms with Crippen molar-refractivity contribution >= 4 is 187 Å². The second-order valence-corrected chi connectivity index (χ2v) is 28.5. The van der Waals surface area contributed by atoms with Gasteiger partial charge in [-0.1, -0.05) is 142 Å². The third-order valence-corrected chi connectivity index (χ3v) is 19.8. The summed E-state index contributed by atoms with van der Waals surface area (Å²) in [5.74, 6) is -11.6. The van der Waals surface area contributed by atoms with Crippen LogP contribution < -0.4 is 34.4 Å². The maximum Gasteiger partial charge on any atom is 0.433 e. The molecular formula is C80H53Cl9F15N17O12. The van der Waals surface area contributed by atoms with Crippen LogP contribution in [0.1, 0.15) is 96.7 Å². The fourth-order valence-electron chi connectivity index (χ4n) is 10.4. The molecule has 29 nitrogen and oxygen atoms in total. The summed E-state index contributed by atoms with van der Waals surface area (Å²) in [7, 11) is 5.71. The number of ether oxygens (including phenoxy) is 5.